The normalized spacial score (nSPS) is 14.5. The first-order valence-corrected chi connectivity index (χ1v) is 8.58. The second kappa shape index (κ2) is 9.64. The quantitative estimate of drug-likeness (QED) is 0.414. The maximum absolute atomic E-state index is 8.82. The molecule has 1 fully saturated rings. The first-order chi connectivity index (χ1) is 12.2. The first-order valence-electron chi connectivity index (χ1n) is 8.20. The molecule has 0 unspecified atom stereocenters. The van der Waals surface area contributed by atoms with E-state index in [0.717, 1.165) is 36.8 Å². The minimum Gasteiger partial charge on any atom is -0.370 e. The molecule has 5 nitrogen and oxygen atoms in total. The summed E-state index contributed by atoms with van der Waals surface area (Å²) in [6.45, 7) is 4.00. The van der Waals surface area contributed by atoms with Crippen LogP contribution in [0.2, 0.25) is 5.02 Å². The van der Waals surface area contributed by atoms with Gasteiger partial charge in [0.25, 0.3) is 0 Å². The Kier molecular flexibility index (Phi) is 7.54. The van der Waals surface area contributed by atoms with Crippen molar-refractivity contribution in [3.8, 4) is 6.07 Å². The monoisotopic (exact) mass is 481 g/mol. The molecule has 1 saturated heterocycles. The third-order valence-corrected chi connectivity index (χ3v) is 4.55. The zero-order chi connectivity index (χ0) is 17.6. The third-order valence-electron chi connectivity index (χ3n) is 4.30. The van der Waals surface area contributed by atoms with Crippen molar-refractivity contribution < 1.29 is 0 Å². The fourth-order valence-electron chi connectivity index (χ4n) is 2.80. The van der Waals surface area contributed by atoms with E-state index in [0.29, 0.717) is 18.1 Å². The Labute approximate surface area is 176 Å². The second-order valence-corrected chi connectivity index (χ2v) is 6.37. The molecule has 0 bridgehead atoms. The fourth-order valence-corrected chi connectivity index (χ4v) is 2.93. The van der Waals surface area contributed by atoms with Crippen LogP contribution in [-0.2, 0) is 6.54 Å². The maximum atomic E-state index is 8.82. The average molecular weight is 482 g/mol. The number of rotatable bonds is 3. The Balaban J connectivity index is 0.00000243. The first kappa shape index (κ1) is 20.3. The van der Waals surface area contributed by atoms with Gasteiger partial charge in [0.1, 0.15) is 0 Å². The Bertz CT molecular complexity index is 775. The van der Waals surface area contributed by atoms with Crippen molar-refractivity contribution in [2.45, 2.75) is 6.54 Å². The minimum atomic E-state index is 0. The molecular formula is C19H21ClIN5. The van der Waals surface area contributed by atoms with Gasteiger partial charge in [-0.2, -0.15) is 5.26 Å². The summed E-state index contributed by atoms with van der Waals surface area (Å²) in [5.74, 6) is 0.570. The number of nitriles is 1. The van der Waals surface area contributed by atoms with E-state index in [1.165, 1.54) is 5.69 Å². The van der Waals surface area contributed by atoms with Gasteiger partial charge in [0.15, 0.2) is 5.96 Å². The number of anilines is 1. The van der Waals surface area contributed by atoms with Crippen molar-refractivity contribution in [3.05, 3.63) is 64.7 Å². The molecule has 136 valence electrons. The molecule has 0 amide bonds. The molecule has 3 rings (SSSR count). The van der Waals surface area contributed by atoms with Gasteiger partial charge in [0, 0.05) is 36.9 Å². The van der Waals surface area contributed by atoms with Gasteiger partial charge in [-0.05, 0) is 42.0 Å². The number of halogens is 2. The molecule has 7 heteroatoms. The van der Waals surface area contributed by atoms with E-state index in [9.17, 15) is 0 Å². The lowest BCUT2D eigenvalue weighted by atomic mass is 10.1. The lowest BCUT2D eigenvalue weighted by molar-refractivity contribution is 0.380. The number of nitrogens with zero attached hydrogens (tertiary/aromatic N) is 4. The fraction of sp³-hybridized carbons (Fsp3) is 0.263. The average Bonchev–Trinajstić information content (AvgIpc) is 2.67. The third kappa shape index (κ3) is 5.26. The van der Waals surface area contributed by atoms with Gasteiger partial charge in [-0.15, -0.1) is 24.0 Å². The number of hydrogen-bond acceptors (Lipinski definition) is 3. The largest absolute Gasteiger partial charge is 0.370 e. The highest BCUT2D eigenvalue weighted by Crippen LogP contribution is 2.19. The summed E-state index contributed by atoms with van der Waals surface area (Å²) in [7, 11) is 0. The Hall–Kier alpha value is -1.98. The van der Waals surface area contributed by atoms with Crippen LogP contribution in [0.25, 0.3) is 0 Å². The van der Waals surface area contributed by atoms with Crippen molar-refractivity contribution in [2.75, 3.05) is 31.1 Å². The summed E-state index contributed by atoms with van der Waals surface area (Å²) >= 11 is 5.94. The van der Waals surface area contributed by atoms with Gasteiger partial charge < -0.3 is 15.5 Å². The molecule has 2 aromatic carbocycles. The topological polar surface area (TPSA) is 68.6 Å². The number of aliphatic imine (C=N–C) groups is 1. The summed E-state index contributed by atoms with van der Waals surface area (Å²) in [4.78, 5) is 8.91. The van der Waals surface area contributed by atoms with Crippen molar-refractivity contribution in [2.24, 2.45) is 10.7 Å². The minimum absolute atomic E-state index is 0. The van der Waals surface area contributed by atoms with E-state index in [4.69, 9.17) is 22.6 Å². The summed E-state index contributed by atoms with van der Waals surface area (Å²) < 4.78 is 0. The van der Waals surface area contributed by atoms with E-state index in [1.807, 2.05) is 36.4 Å². The van der Waals surface area contributed by atoms with Crippen LogP contribution in [0.3, 0.4) is 0 Å². The molecule has 1 aliphatic rings. The van der Waals surface area contributed by atoms with E-state index in [-0.39, 0.29) is 24.0 Å². The van der Waals surface area contributed by atoms with Gasteiger partial charge in [-0.1, -0.05) is 23.7 Å². The molecule has 0 saturated carbocycles. The highest BCUT2D eigenvalue weighted by molar-refractivity contribution is 14.0. The summed E-state index contributed by atoms with van der Waals surface area (Å²) in [6.07, 6.45) is 0. The van der Waals surface area contributed by atoms with Crippen molar-refractivity contribution >= 4 is 47.2 Å². The molecule has 1 heterocycles. The highest BCUT2D eigenvalue weighted by atomic mass is 127. The van der Waals surface area contributed by atoms with Crippen molar-refractivity contribution in [1.82, 2.24) is 4.90 Å². The van der Waals surface area contributed by atoms with Crippen LogP contribution in [0.1, 0.15) is 11.1 Å². The van der Waals surface area contributed by atoms with Crippen molar-refractivity contribution in [1.29, 1.82) is 5.26 Å². The molecule has 1 aliphatic heterocycles. The van der Waals surface area contributed by atoms with Gasteiger partial charge in [0.05, 0.1) is 18.2 Å². The number of nitrogens with two attached hydrogens (primary N) is 1. The number of guanidine groups is 1. The van der Waals surface area contributed by atoms with E-state index in [1.54, 1.807) is 12.1 Å². The number of piperazine rings is 1. The van der Waals surface area contributed by atoms with Gasteiger partial charge in [-0.25, -0.2) is 4.99 Å². The zero-order valence-corrected chi connectivity index (χ0v) is 17.4. The summed E-state index contributed by atoms with van der Waals surface area (Å²) in [5, 5.41) is 9.57. The number of hydrogen-bond donors (Lipinski definition) is 1. The molecule has 0 spiro atoms. The Morgan fingerprint density at radius 1 is 1.04 bits per heavy atom. The van der Waals surface area contributed by atoms with Gasteiger partial charge in [-0.3, -0.25) is 0 Å². The molecule has 2 aromatic rings. The second-order valence-electron chi connectivity index (χ2n) is 5.93. The molecular weight excluding hydrogens is 461 g/mol. The maximum Gasteiger partial charge on any atom is 0.191 e. The predicted molar refractivity (Wildman–Crippen MR) is 117 cm³/mol. The molecule has 0 radical (unpaired) electrons. The Morgan fingerprint density at radius 3 is 2.23 bits per heavy atom. The van der Waals surface area contributed by atoms with Crippen LogP contribution in [-0.4, -0.2) is 37.0 Å². The lowest BCUT2D eigenvalue weighted by Crippen LogP contribution is -2.51. The Morgan fingerprint density at radius 2 is 1.65 bits per heavy atom. The lowest BCUT2D eigenvalue weighted by Gasteiger charge is -2.36. The zero-order valence-electron chi connectivity index (χ0n) is 14.3. The molecule has 0 aliphatic carbocycles. The summed E-state index contributed by atoms with van der Waals surface area (Å²) in [6, 6.07) is 17.4. The van der Waals surface area contributed by atoms with E-state index >= 15 is 0 Å². The molecule has 0 atom stereocenters. The predicted octanol–water partition coefficient (Wildman–Crippen LogP) is 3.47. The molecule has 26 heavy (non-hydrogen) atoms. The van der Waals surface area contributed by atoms with Gasteiger partial charge >= 0.3 is 0 Å². The van der Waals surface area contributed by atoms with Crippen molar-refractivity contribution in [3.63, 3.8) is 0 Å². The standard InChI is InChI=1S/C19H20ClN5.HI/c20-17-5-7-18(8-6-17)24-9-11-25(12-10-24)19(22)23-14-16-3-1-15(13-21)2-4-16;/h1-8H,9-12,14H2,(H2,22,23);1H. The molecule has 0 aromatic heterocycles. The van der Waals surface area contributed by atoms with E-state index in [2.05, 4.69) is 20.9 Å². The highest BCUT2D eigenvalue weighted by Gasteiger charge is 2.18. The van der Waals surface area contributed by atoms with E-state index < -0.39 is 0 Å². The van der Waals surface area contributed by atoms with Crippen LogP contribution in [0.5, 0.6) is 0 Å². The van der Waals surface area contributed by atoms with Crippen LogP contribution >= 0.6 is 35.6 Å². The smallest absolute Gasteiger partial charge is 0.191 e. The number of benzene rings is 2. The van der Waals surface area contributed by atoms with Crippen LogP contribution < -0.4 is 10.6 Å². The summed E-state index contributed by atoms with van der Waals surface area (Å²) in [5.41, 5.74) is 9.02. The van der Waals surface area contributed by atoms with Crippen LogP contribution in [0.4, 0.5) is 5.69 Å². The molecule has 2 N–H and O–H groups in total. The SMILES string of the molecule is I.N#Cc1ccc(CN=C(N)N2CCN(c3ccc(Cl)cc3)CC2)cc1. The van der Waals surface area contributed by atoms with Gasteiger partial charge in [0.2, 0.25) is 0 Å². The van der Waals surface area contributed by atoms with Crippen LogP contribution in [0, 0.1) is 11.3 Å². The van der Waals surface area contributed by atoms with Crippen LogP contribution in [0.15, 0.2) is 53.5 Å².